The van der Waals surface area contributed by atoms with E-state index in [1.807, 2.05) is 30.3 Å². The summed E-state index contributed by atoms with van der Waals surface area (Å²) in [6.45, 7) is 1.61. The summed E-state index contributed by atoms with van der Waals surface area (Å²) in [6.07, 6.45) is 0.954. The number of benzene rings is 2. The summed E-state index contributed by atoms with van der Waals surface area (Å²) in [5.41, 5.74) is 2.48. The molecule has 0 aliphatic carbocycles. The first-order valence-corrected chi connectivity index (χ1v) is 7.65. The fourth-order valence-electron chi connectivity index (χ4n) is 1.96. The molecule has 104 valence electrons. The van der Waals surface area contributed by atoms with Gasteiger partial charge in [0.15, 0.2) is 0 Å². The minimum Gasteiger partial charge on any atom is -0.353 e. The molecular weight excluding hydrogens is 306 g/mol. The van der Waals surface area contributed by atoms with E-state index in [4.69, 9.17) is 23.8 Å². The fraction of sp³-hybridized carbons (Fsp3) is 0.188. The van der Waals surface area contributed by atoms with Crippen LogP contribution in [0.3, 0.4) is 0 Å². The van der Waals surface area contributed by atoms with E-state index in [2.05, 4.69) is 41.8 Å². The molecule has 1 nitrogen and oxygen atoms in total. The van der Waals surface area contributed by atoms with Gasteiger partial charge in [0.2, 0.25) is 0 Å². The lowest BCUT2D eigenvalue weighted by Crippen LogP contribution is -2.27. The summed E-state index contributed by atoms with van der Waals surface area (Å²) in [5, 5.41) is 0.748. The van der Waals surface area contributed by atoms with Gasteiger partial charge in [-0.2, -0.15) is 0 Å². The van der Waals surface area contributed by atoms with Crippen molar-refractivity contribution in [2.24, 2.45) is 0 Å². The highest BCUT2D eigenvalue weighted by Gasteiger charge is 2.07. The zero-order valence-corrected chi connectivity index (χ0v) is 13.5. The summed E-state index contributed by atoms with van der Waals surface area (Å²) in [7, 11) is 0. The van der Waals surface area contributed by atoms with Crippen molar-refractivity contribution in [3.63, 3.8) is 0 Å². The van der Waals surface area contributed by atoms with Crippen molar-refractivity contribution in [2.75, 3.05) is 6.54 Å². The zero-order chi connectivity index (χ0) is 14.4. The first kappa shape index (κ1) is 15.4. The second-order valence-corrected chi connectivity index (χ2v) is 6.12. The minimum absolute atomic E-state index is 0.621. The van der Waals surface area contributed by atoms with Crippen LogP contribution in [-0.4, -0.2) is 15.8 Å². The first-order valence-electron chi connectivity index (χ1n) is 6.41. The Morgan fingerprint density at radius 2 is 1.65 bits per heavy atom. The second kappa shape index (κ2) is 7.67. The van der Waals surface area contributed by atoms with Crippen LogP contribution in [0.25, 0.3) is 0 Å². The van der Waals surface area contributed by atoms with Crippen LogP contribution in [0.5, 0.6) is 0 Å². The molecule has 0 unspecified atom stereocenters. The fourth-order valence-corrected chi connectivity index (χ4v) is 2.41. The molecule has 0 bridgehead atoms. The number of rotatable bonds is 5. The Balaban J connectivity index is 1.97. The molecule has 4 heteroatoms. The maximum atomic E-state index is 5.90. The Labute approximate surface area is 136 Å². The van der Waals surface area contributed by atoms with Crippen LogP contribution < -0.4 is 0 Å². The Kier molecular flexibility index (Phi) is 5.89. The van der Waals surface area contributed by atoms with Crippen LogP contribution in [0.15, 0.2) is 54.6 Å². The quantitative estimate of drug-likeness (QED) is 0.633. The van der Waals surface area contributed by atoms with Crippen molar-refractivity contribution < 1.29 is 0 Å². The molecule has 0 radical (unpaired) electrons. The first-order chi connectivity index (χ1) is 9.65. The Morgan fingerprint density at radius 3 is 2.25 bits per heavy atom. The summed E-state index contributed by atoms with van der Waals surface area (Å²) >= 11 is 15.4. The van der Waals surface area contributed by atoms with E-state index in [-0.39, 0.29) is 0 Å². The largest absolute Gasteiger partial charge is 0.353 e. The molecule has 0 atom stereocenters. The highest BCUT2D eigenvalue weighted by Crippen LogP contribution is 2.13. The van der Waals surface area contributed by atoms with Gasteiger partial charge in [0.25, 0.3) is 0 Å². The number of thiocarbonyl (C=S) groups is 1. The van der Waals surface area contributed by atoms with Crippen LogP contribution in [0.2, 0.25) is 5.02 Å². The summed E-state index contributed by atoms with van der Waals surface area (Å²) in [6, 6.07) is 18.2. The molecule has 2 aromatic carbocycles. The van der Waals surface area contributed by atoms with Gasteiger partial charge in [0.05, 0.1) is 0 Å². The van der Waals surface area contributed by atoms with Crippen molar-refractivity contribution in [1.29, 1.82) is 0 Å². The normalized spacial score (nSPS) is 10.3. The number of hydrogen-bond acceptors (Lipinski definition) is 1. The summed E-state index contributed by atoms with van der Waals surface area (Å²) < 4.78 is 0.621. The van der Waals surface area contributed by atoms with Crippen molar-refractivity contribution in [1.82, 2.24) is 4.90 Å². The lowest BCUT2D eigenvalue weighted by Gasteiger charge is -2.23. The molecule has 20 heavy (non-hydrogen) atoms. The average Bonchev–Trinajstić information content (AvgIpc) is 2.46. The SMILES string of the molecule is S=C(S)N(CCc1ccccc1)Cc1ccc(Cl)cc1. The summed E-state index contributed by atoms with van der Waals surface area (Å²) in [4.78, 5) is 2.09. The third-order valence-electron chi connectivity index (χ3n) is 3.07. The van der Waals surface area contributed by atoms with Crippen LogP contribution in [0.4, 0.5) is 0 Å². The van der Waals surface area contributed by atoms with Crippen LogP contribution >= 0.6 is 36.4 Å². The van der Waals surface area contributed by atoms with E-state index >= 15 is 0 Å². The summed E-state index contributed by atoms with van der Waals surface area (Å²) in [5.74, 6) is 0. The average molecular weight is 322 g/mol. The molecule has 2 rings (SSSR count). The van der Waals surface area contributed by atoms with Gasteiger partial charge in [-0.3, -0.25) is 0 Å². The zero-order valence-electron chi connectivity index (χ0n) is 11.0. The Bertz CT molecular complexity index is 554. The Hall–Kier alpha value is -1.03. The topological polar surface area (TPSA) is 3.24 Å². The molecule has 0 fully saturated rings. The van der Waals surface area contributed by atoms with Gasteiger partial charge >= 0.3 is 0 Å². The smallest absolute Gasteiger partial charge is 0.133 e. The maximum absolute atomic E-state index is 5.90. The standard InChI is InChI=1S/C16H16ClNS2/c17-15-8-6-14(7-9-15)12-18(16(19)20)11-10-13-4-2-1-3-5-13/h1-9H,10-12H2,(H,19,20). The number of hydrogen-bond donors (Lipinski definition) is 1. The minimum atomic E-state index is 0.621. The van der Waals surface area contributed by atoms with Gasteiger partial charge in [-0.15, -0.1) is 12.6 Å². The third-order valence-corrected chi connectivity index (χ3v) is 3.86. The van der Waals surface area contributed by atoms with Gasteiger partial charge in [-0.05, 0) is 29.7 Å². The molecule has 0 amide bonds. The van der Waals surface area contributed by atoms with E-state index in [0.717, 1.165) is 24.5 Å². The van der Waals surface area contributed by atoms with E-state index in [1.165, 1.54) is 11.1 Å². The molecule has 0 saturated carbocycles. The lowest BCUT2D eigenvalue weighted by molar-refractivity contribution is 0.431. The van der Waals surface area contributed by atoms with E-state index in [0.29, 0.717) is 4.32 Å². The molecule has 0 heterocycles. The third kappa shape index (κ3) is 4.82. The number of halogens is 1. The van der Waals surface area contributed by atoms with Crippen LogP contribution in [0.1, 0.15) is 11.1 Å². The molecule has 0 saturated heterocycles. The second-order valence-electron chi connectivity index (χ2n) is 4.57. The monoisotopic (exact) mass is 321 g/mol. The van der Waals surface area contributed by atoms with E-state index in [1.54, 1.807) is 0 Å². The maximum Gasteiger partial charge on any atom is 0.133 e. The van der Waals surface area contributed by atoms with Gasteiger partial charge in [-0.25, -0.2) is 0 Å². The van der Waals surface area contributed by atoms with Crippen molar-refractivity contribution >= 4 is 40.8 Å². The van der Waals surface area contributed by atoms with Crippen LogP contribution in [-0.2, 0) is 13.0 Å². The highest BCUT2D eigenvalue weighted by atomic mass is 35.5. The van der Waals surface area contributed by atoms with E-state index in [9.17, 15) is 0 Å². The van der Waals surface area contributed by atoms with Gasteiger partial charge in [0.1, 0.15) is 4.32 Å². The molecule has 0 spiro atoms. The molecule has 0 N–H and O–H groups in total. The number of thiol groups is 1. The van der Waals surface area contributed by atoms with Crippen molar-refractivity contribution in [3.8, 4) is 0 Å². The highest BCUT2D eigenvalue weighted by molar-refractivity contribution is 8.10. The van der Waals surface area contributed by atoms with Gasteiger partial charge in [-0.1, -0.05) is 66.3 Å². The van der Waals surface area contributed by atoms with E-state index < -0.39 is 0 Å². The predicted molar refractivity (Wildman–Crippen MR) is 93.6 cm³/mol. The predicted octanol–water partition coefficient (Wildman–Crippen LogP) is 4.60. The molecule has 0 aliphatic heterocycles. The molecular formula is C16H16ClNS2. The molecule has 0 aromatic heterocycles. The lowest BCUT2D eigenvalue weighted by atomic mass is 10.1. The van der Waals surface area contributed by atoms with Crippen molar-refractivity contribution in [3.05, 3.63) is 70.7 Å². The molecule has 2 aromatic rings. The molecule has 0 aliphatic rings. The van der Waals surface area contributed by atoms with Gasteiger partial charge < -0.3 is 4.90 Å². The van der Waals surface area contributed by atoms with Crippen molar-refractivity contribution in [2.45, 2.75) is 13.0 Å². The van der Waals surface area contributed by atoms with Gasteiger partial charge in [0, 0.05) is 18.1 Å². The number of nitrogens with zero attached hydrogens (tertiary/aromatic N) is 1. The Morgan fingerprint density at radius 1 is 1.00 bits per heavy atom. The van der Waals surface area contributed by atoms with Crippen LogP contribution in [0, 0.1) is 0 Å².